The van der Waals surface area contributed by atoms with E-state index in [0.29, 0.717) is 6.54 Å². The lowest BCUT2D eigenvalue weighted by atomic mass is 9.86. The molecular weight excluding hydrogens is 290 g/mol. The van der Waals surface area contributed by atoms with Crippen molar-refractivity contribution >= 4 is 0 Å². The Morgan fingerprint density at radius 1 is 1.22 bits per heavy atom. The van der Waals surface area contributed by atoms with Crippen LogP contribution in [0.2, 0.25) is 0 Å². The Morgan fingerprint density at radius 2 is 1.96 bits per heavy atom. The third-order valence-corrected chi connectivity index (χ3v) is 3.76. The number of methoxy groups -OCH3 is 1. The molecule has 0 aliphatic carbocycles. The molecule has 0 saturated carbocycles. The molecule has 0 unspecified atom stereocenters. The summed E-state index contributed by atoms with van der Waals surface area (Å²) in [6, 6.07) is 5.81. The van der Waals surface area contributed by atoms with Gasteiger partial charge >= 0.3 is 0 Å². The maximum absolute atomic E-state index is 10.0. The summed E-state index contributed by atoms with van der Waals surface area (Å²) in [5, 5.41) is 13.3. The minimum absolute atomic E-state index is 0.0484. The molecule has 0 aliphatic heterocycles. The molecule has 1 aromatic carbocycles. The summed E-state index contributed by atoms with van der Waals surface area (Å²) < 4.78 is 11.2. The molecule has 23 heavy (non-hydrogen) atoms. The highest BCUT2D eigenvalue weighted by Gasteiger charge is 2.20. The van der Waals surface area contributed by atoms with E-state index in [1.165, 1.54) is 12.8 Å². The SMILES string of the molecule is CCCCCNC[C@@H](O)COc1ccc(OC)cc1C(C)(C)C. The Hall–Kier alpha value is -1.26. The monoisotopic (exact) mass is 323 g/mol. The van der Waals surface area contributed by atoms with Gasteiger partial charge in [0.25, 0.3) is 0 Å². The smallest absolute Gasteiger partial charge is 0.123 e. The van der Waals surface area contributed by atoms with Gasteiger partial charge in [0.05, 0.1) is 7.11 Å². The molecule has 2 N–H and O–H groups in total. The van der Waals surface area contributed by atoms with E-state index >= 15 is 0 Å². The normalized spacial score (nSPS) is 13.0. The van der Waals surface area contributed by atoms with Gasteiger partial charge in [-0.15, -0.1) is 0 Å². The van der Waals surface area contributed by atoms with Gasteiger partial charge in [-0.2, -0.15) is 0 Å². The molecule has 0 heterocycles. The number of aliphatic hydroxyl groups excluding tert-OH is 1. The predicted octanol–water partition coefficient (Wildman–Crippen LogP) is 3.51. The lowest BCUT2D eigenvalue weighted by Gasteiger charge is -2.24. The van der Waals surface area contributed by atoms with Gasteiger partial charge in [0, 0.05) is 12.1 Å². The topological polar surface area (TPSA) is 50.7 Å². The average Bonchev–Trinajstić information content (AvgIpc) is 2.51. The van der Waals surface area contributed by atoms with Crippen LogP contribution >= 0.6 is 0 Å². The van der Waals surface area contributed by atoms with E-state index in [9.17, 15) is 5.11 Å². The molecule has 4 nitrogen and oxygen atoms in total. The Morgan fingerprint density at radius 3 is 2.57 bits per heavy atom. The fraction of sp³-hybridized carbons (Fsp3) is 0.684. The Labute approximate surface area is 141 Å². The maximum Gasteiger partial charge on any atom is 0.123 e. The molecule has 1 rings (SSSR count). The number of benzene rings is 1. The van der Waals surface area contributed by atoms with E-state index in [1.54, 1.807) is 7.11 Å². The third-order valence-electron chi connectivity index (χ3n) is 3.76. The summed E-state index contributed by atoms with van der Waals surface area (Å²) in [7, 11) is 1.66. The van der Waals surface area contributed by atoms with Gasteiger partial charge in [-0.05, 0) is 36.6 Å². The van der Waals surface area contributed by atoms with Crippen molar-refractivity contribution < 1.29 is 14.6 Å². The molecule has 0 aromatic heterocycles. The van der Waals surface area contributed by atoms with Crippen molar-refractivity contribution in [2.24, 2.45) is 0 Å². The summed E-state index contributed by atoms with van der Waals surface area (Å²) in [5.74, 6) is 1.63. The molecule has 1 atom stereocenters. The second kappa shape index (κ2) is 9.78. The van der Waals surface area contributed by atoms with Crippen molar-refractivity contribution in [2.75, 3.05) is 26.8 Å². The zero-order chi connectivity index (χ0) is 17.3. The van der Waals surface area contributed by atoms with Gasteiger partial charge in [-0.1, -0.05) is 40.5 Å². The minimum atomic E-state index is -0.508. The predicted molar refractivity (Wildman–Crippen MR) is 95.6 cm³/mol. The van der Waals surface area contributed by atoms with Gasteiger partial charge in [0.15, 0.2) is 0 Å². The molecule has 1 aromatic rings. The van der Waals surface area contributed by atoms with E-state index in [2.05, 4.69) is 33.0 Å². The highest BCUT2D eigenvalue weighted by atomic mass is 16.5. The molecule has 0 fully saturated rings. The van der Waals surface area contributed by atoms with Crippen LogP contribution in [0.3, 0.4) is 0 Å². The van der Waals surface area contributed by atoms with E-state index in [1.807, 2.05) is 18.2 Å². The van der Waals surface area contributed by atoms with E-state index in [-0.39, 0.29) is 12.0 Å². The molecule has 0 amide bonds. The number of aliphatic hydroxyl groups is 1. The number of nitrogens with one attached hydrogen (secondary N) is 1. The van der Waals surface area contributed by atoms with Crippen molar-refractivity contribution in [1.29, 1.82) is 0 Å². The van der Waals surface area contributed by atoms with Crippen molar-refractivity contribution in [3.63, 3.8) is 0 Å². The highest BCUT2D eigenvalue weighted by molar-refractivity contribution is 5.44. The molecule has 0 bridgehead atoms. The minimum Gasteiger partial charge on any atom is -0.497 e. The Bertz CT molecular complexity index is 454. The lowest BCUT2D eigenvalue weighted by molar-refractivity contribution is 0.105. The largest absolute Gasteiger partial charge is 0.497 e. The number of ether oxygens (including phenoxy) is 2. The fourth-order valence-corrected chi connectivity index (χ4v) is 2.36. The Kier molecular flexibility index (Phi) is 8.42. The second-order valence-electron chi connectivity index (χ2n) is 6.99. The van der Waals surface area contributed by atoms with Crippen LogP contribution in [0.5, 0.6) is 11.5 Å². The summed E-state index contributed by atoms with van der Waals surface area (Å²) in [5.41, 5.74) is 1.03. The zero-order valence-corrected chi connectivity index (χ0v) is 15.3. The van der Waals surface area contributed by atoms with Gasteiger partial charge in [0.2, 0.25) is 0 Å². The molecular formula is C19H33NO3. The summed E-state index contributed by atoms with van der Waals surface area (Å²) in [4.78, 5) is 0. The van der Waals surface area contributed by atoms with Crippen LogP contribution in [0.25, 0.3) is 0 Å². The number of unbranched alkanes of at least 4 members (excludes halogenated alkanes) is 2. The van der Waals surface area contributed by atoms with Gasteiger partial charge in [-0.3, -0.25) is 0 Å². The van der Waals surface area contributed by atoms with Crippen molar-refractivity contribution in [3.8, 4) is 11.5 Å². The number of hydrogen-bond acceptors (Lipinski definition) is 4. The number of rotatable bonds is 10. The van der Waals surface area contributed by atoms with Gasteiger partial charge in [0.1, 0.15) is 24.2 Å². The first kappa shape index (κ1) is 19.8. The van der Waals surface area contributed by atoms with E-state index in [0.717, 1.165) is 30.0 Å². The second-order valence-corrected chi connectivity index (χ2v) is 6.99. The van der Waals surface area contributed by atoms with Crippen LogP contribution in [-0.4, -0.2) is 38.0 Å². The number of hydrogen-bond donors (Lipinski definition) is 2. The first-order valence-corrected chi connectivity index (χ1v) is 8.58. The lowest BCUT2D eigenvalue weighted by Crippen LogP contribution is -2.32. The summed E-state index contributed by atoms with van der Waals surface area (Å²) >= 11 is 0. The molecule has 0 spiro atoms. The van der Waals surface area contributed by atoms with Gasteiger partial charge in [-0.25, -0.2) is 0 Å². The standard InChI is InChI=1S/C19H33NO3/c1-6-7-8-11-20-13-15(21)14-23-18-10-9-16(22-5)12-17(18)19(2,3)4/h9-10,12,15,20-21H,6-8,11,13-14H2,1-5H3/t15-/m1/s1. The highest BCUT2D eigenvalue weighted by Crippen LogP contribution is 2.34. The van der Waals surface area contributed by atoms with Crippen LogP contribution in [-0.2, 0) is 5.41 Å². The van der Waals surface area contributed by atoms with Crippen LogP contribution in [0.15, 0.2) is 18.2 Å². The summed E-state index contributed by atoms with van der Waals surface area (Å²) in [6.07, 6.45) is 3.07. The molecule has 4 heteroatoms. The van der Waals surface area contributed by atoms with Crippen LogP contribution in [0, 0.1) is 0 Å². The van der Waals surface area contributed by atoms with Crippen LogP contribution in [0.1, 0.15) is 52.5 Å². The molecule has 132 valence electrons. The molecule has 0 saturated heterocycles. The average molecular weight is 323 g/mol. The fourth-order valence-electron chi connectivity index (χ4n) is 2.36. The molecule has 0 radical (unpaired) electrons. The van der Waals surface area contributed by atoms with E-state index in [4.69, 9.17) is 9.47 Å². The van der Waals surface area contributed by atoms with Crippen molar-refractivity contribution in [2.45, 2.75) is 58.5 Å². The maximum atomic E-state index is 10.0. The first-order chi connectivity index (χ1) is 10.9. The Balaban J connectivity index is 2.53. The van der Waals surface area contributed by atoms with Crippen molar-refractivity contribution in [3.05, 3.63) is 23.8 Å². The van der Waals surface area contributed by atoms with Gasteiger partial charge < -0.3 is 19.9 Å². The quantitative estimate of drug-likeness (QED) is 0.647. The molecule has 0 aliphatic rings. The zero-order valence-electron chi connectivity index (χ0n) is 15.3. The summed E-state index contributed by atoms with van der Waals surface area (Å²) in [6.45, 7) is 10.4. The third kappa shape index (κ3) is 7.23. The van der Waals surface area contributed by atoms with Crippen LogP contribution < -0.4 is 14.8 Å². The first-order valence-electron chi connectivity index (χ1n) is 8.58. The van der Waals surface area contributed by atoms with E-state index < -0.39 is 6.10 Å². The van der Waals surface area contributed by atoms with Crippen LogP contribution in [0.4, 0.5) is 0 Å². The van der Waals surface area contributed by atoms with Crippen molar-refractivity contribution in [1.82, 2.24) is 5.32 Å².